The smallest absolute Gasteiger partial charge is 0.416 e. The van der Waals surface area contributed by atoms with Crippen LogP contribution in [0.5, 0.6) is 5.75 Å². The molecule has 6 nitrogen and oxygen atoms in total. The fraction of sp³-hybridized carbons (Fsp3) is 0.421. The number of guanidine groups is 1. The Labute approximate surface area is 184 Å². The van der Waals surface area contributed by atoms with Crippen molar-refractivity contribution in [2.45, 2.75) is 25.6 Å². The number of benzene rings is 1. The summed E-state index contributed by atoms with van der Waals surface area (Å²) in [5.41, 5.74) is -2.02. The van der Waals surface area contributed by atoms with Crippen LogP contribution in [-0.4, -0.2) is 37.3 Å². The summed E-state index contributed by atoms with van der Waals surface area (Å²) in [6.07, 6.45) is -2.93. The van der Waals surface area contributed by atoms with E-state index in [1.165, 1.54) is 18.4 Å². The third-order valence-electron chi connectivity index (χ3n) is 3.77. The summed E-state index contributed by atoms with van der Waals surface area (Å²) in [6, 6.07) is 8.07. The maximum absolute atomic E-state index is 12.7. The molecule has 1 atom stereocenters. The number of hydrogen-bond acceptors (Lipinski definition) is 4. The molecule has 2 rings (SSSR count). The van der Waals surface area contributed by atoms with Crippen molar-refractivity contribution in [1.82, 2.24) is 10.6 Å². The molecule has 0 bridgehead atoms. The molecule has 0 spiro atoms. The summed E-state index contributed by atoms with van der Waals surface area (Å²) in [5.74, 6) is 0.987. The Morgan fingerprint density at radius 1 is 1.21 bits per heavy atom. The molecule has 3 N–H and O–H groups in total. The highest BCUT2D eigenvalue weighted by molar-refractivity contribution is 14.0. The van der Waals surface area contributed by atoms with Gasteiger partial charge in [0.2, 0.25) is 0 Å². The normalized spacial score (nSPS) is 13.9. The number of halogens is 4. The van der Waals surface area contributed by atoms with Gasteiger partial charge in [-0.3, -0.25) is 0 Å². The van der Waals surface area contributed by atoms with Crippen molar-refractivity contribution in [2.75, 3.05) is 26.2 Å². The Hall–Kier alpha value is -1.95. The highest BCUT2D eigenvalue weighted by Crippen LogP contribution is 2.31. The van der Waals surface area contributed by atoms with Gasteiger partial charge in [-0.1, -0.05) is 6.07 Å². The van der Waals surface area contributed by atoms with Crippen LogP contribution >= 0.6 is 24.0 Å². The Bertz CT molecular complexity index is 766. The number of nitrogens with zero attached hydrogens (tertiary/aromatic N) is 1. The first-order valence-corrected chi connectivity index (χ1v) is 8.81. The highest BCUT2D eigenvalue weighted by atomic mass is 127. The van der Waals surface area contributed by atoms with Crippen molar-refractivity contribution >= 4 is 29.9 Å². The van der Waals surface area contributed by atoms with Gasteiger partial charge in [-0.05, 0) is 44.2 Å². The minimum absolute atomic E-state index is 0. The van der Waals surface area contributed by atoms with Gasteiger partial charge in [-0.2, -0.15) is 13.2 Å². The fourth-order valence-corrected chi connectivity index (χ4v) is 2.34. The van der Waals surface area contributed by atoms with Crippen molar-refractivity contribution in [2.24, 2.45) is 4.99 Å². The van der Waals surface area contributed by atoms with Crippen LogP contribution in [0, 0.1) is 0 Å². The van der Waals surface area contributed by atoms with E-state index in [9.17, 15) is 18.3 Å². The van der Waals surface area contributed by atoms with Crippen molar-refractivity contribution in [3.8, 4) is 5.75 Å². The van der Waals surface area contributed by atoms with Gasteiger partial charge in [-0.25, -0.2) is 4.99 Å². The first-order chi connectivity index (χ1) is 13.2. The number of furan rings is 1. The number of alkyl halides is 3. The third-order valence-corrected chi connectivity index (χ3v) is 3.77. The summed E-state index contributed by atoms with van der Waals surface area (Å²) in [4.78, 5) is 4.31. The van der Waals surface area contributed by atoms with Crippen LogP contribution in [0.2, 0.25) is 0 Å². The van der Waals surface area contributed by atoms with E-state index in [2.05, 4.69) is 15.6 Å². The third kappa shape index (κ3) is 8.13. The lowest BCUT2D eigenvalue weighted by atomic mass is 10.0. The number of aliphatic hydroxyl groups is 1. The van der Waals surface area contributed by atoms with E-state index >= 15 is 0 Å². The van der Waals surface area contributed by atoms with Crippen LogP contribution in [0.1, 0.15) is 25.2 Å². The molecule has 1 aromatic heterocycles. The summed E-state index contributed by atoms with van der Waals surface area (Å²) in [5, 5.41) is 16.5. The van der Waals surface area contributed by atoms with Gasteiger partial charge in [0.15, 0.2) is 5.96 Å². The first kappa shape index (κ1) is 25.1. The zero-order valence-corrected chi connectivity index (χ0v) is 18.5. The molecule has 0 saturated heterocycles. The molecule has 0 fully saturated rings. The fourth-order valence-electron chi connectivity index (χ4n) is 2.34. The Kier molecular flexibility index (Phi) is 9.77. The van der Waals surface area contributed by atoms with Gasteiger partial charge in [0.05, 0.1) is 24.9 Å². The van der Waals surface area contributed by atoms with E-state index in [0.29, 0.717) is 24.8 Å². The molecule has 0 aliphatic carbocycles. The van der Waals surface area contributed by atoms with E-state index in [1.807, 2.05) is 6.92 Å². The molecule has 1 aromatic carbocycles. The molecule has 2 aromatic rings. The zero-order valence-electron chi connectivity index (χ0n) is 16.1. The summed E-state index contributed by atoms with van der Waals surface area (Å²) in [6.45, 7) is 4.59. The van der Waals surface area contributed by atoms with Gasteiger partial charge in [-0.15, -0.1) is 24.0 Å². The van der Waals surface area contributed by atoms with E-state index in [1.54, 1.807) is 19.1 Å². The maximum atomic E-state index is 12.7. The van der Waals surface area contributed by atoms with Gasteiger partial charge < -0.3 is 24.9 Å². The average molecular weight is 527 g/mol. The van der Waals surface area contributed by atoms with Crippen LogP contribution < -0.4 is 15.4 Å². The molecular formula is C19H25F3IN3O3. The summed E-state index contributed by atoms with van der Waals surface area (Å²) < 4.78 is 48.7. The molecule has 0 aliphatic rings. The molecule has 10 heteroatoms. The van der Waals surface area contributed by atoms with Crippen LogP contribution in [0.3, 0.4) is 0 Å². The van der Waals surface area contributed by atoms with Crippen LogP contribution in [-0.2, 0) is 11.8 Å². The van der Waals surface area contributed by atoms with Crippen molar-refractivity contribution in [3.63, 3.8) is 0 Å². The number of rotatable bonds is 8. The maximum Gasteiger partial charge on any atom is 0.416 e. The van der Waals surface area contributed by atoms with Crippen molar-refractivity contribution in [3.05, 3.63) is 54.0 Å². The second-order valence-corrected chi connectivity index (χ2v) is 6.25. The second kappa shape index (κ2) is 11.3. The van der Waals surface area contributed by atoms with Crippen LogP contribution in [0.4, 0.5) is 13.2 Å². The number of nitrogens with one attached hydrogen (secondary N) is 2. The van der Waals surface area contributed by atoms with Crippen LogP contribution in [0.15, 0.2) is 52.1 Å². The quantitative estimate of drug-likeness (QED) is 0.211. The molecule has 1 heterocycles. The predicted octanol–water partition coefficient (Wildman–Crippen LogP) is 3.76. The van der Waals surface area contributed by atoms with E-state index in [4.69, 9.17) is 9.15 Å². The Balaban J connectivity index is 0.00000420. The summed E-state index contributed by atoms with van der Waals surface area (Å²) in [7, 11) is 0. The van der Waals surface area contributed by atoms with E-state index in [-0.39, 0.29) is 42.9 Å². The van der Waals surface area contributed by atoms with Gasteiger partial charge >= 0.3 is 6.18 Å². The second-order valence-electron chi connectivity index (χ2n) is 6.25. The van der Waals surface area contributed by atoms with E-state index < -0.39 is 17.3 Å². The monoisotopic (exact) mass is 527 g/mol. The van der Waals surface area contributed by atoms with Gasteiger partial charge in [0.1, 0.15) is 23.7 Å². The number of aliphatic imine (C=N–C) groups is 1. The molecular weight excluding hydrogens is 502 g/mol. The molecule has 162 valence electrons. The van der Waals surface area contributed by atoms with E-state index in [0.717, 1.165) is 12.1 Å². The number of ether oxygens (including phenoxy) is 1. The minimum atomic E-state index is -4.41. The zero-order chi connectivity index (χ0) is 20.6. The first-order valence-electron chi connectivity index (χ1n) is 8.81. The SMILES string of the molecule is CCNC(=NCC(C)(O)c1ccco1)NCCOc1cccc(C(F)(F)F)c1.I. The summed E-state index contributed by atoms with van der Waals surface area (Å²) >= 11 is 0. The lowest BCUT2D eigenvalue weighted by Crippen LogP contribution is -2.40. The highest BCUT2D eigenvalue weighted by Gasteiger charge is 2.30. The largest absolute Gasteiger partial charge is 0.492 e. The molecule has 0 saturated carbocycles. The average Bonchev–Trinajstić information content (AvgIpc) is 3.18. The lowest BCUT2D eigenvalue weighted by molar-refractivity contribution is -0.137. The van der Waals surface area contributed by atoms with Crippen molar-refractivity contribution < 1.29 is 27.4 Å². The van der Waals surface area contributed by atoms with Gasteiger partial charge in [0.25, 0.3) is 0 Å². The van der Waals surface area contributed by atoms with Gasteiger partial charge in [0, 0.05) is 6.54 Å². The number of hydrogen-bond donors (Lipinski definition) is 3. The lowest BCUT2D eigenvalue weighted by Gasteiger charge is -2.19. The topological polar surface area (TPSA) is 79.0 Å². The predicted molar refractivity (Wildman–Crippen MR) is 115 cm³/mol. The minimum Gasteiger partial charge on any atom is -0.492 e. The molecule has 1 unspecified atom stereocenters. The molecule has 0 radical (unpaired) electrons. The standard InChI is InChI=1S/C19H24F3N3O3.HI/c1-3-23-17(25-13-18(2,26)16-8-5-10-28-16)24-9-11-27-15-7-4-6-14(12-15)19(20,21)22;/h4-8,10,12,26H,3,9,11,13H2,1-2H3,(H2,23,24,25);1H. The molecule has 0 amide bonds. The van der Waals surface area contributed by atoms with Crippen molar-refractivity contribution in [1.29, 1.82) is 0 Å². The Morgan fingerprint density at radius 3 is 2.59 bits per heavy atom. The molecule has 0 aliphatic heterocycles. The Morgan fingerprint density at radius 2 is 1.97 bits per heavy atom. The molecule has 29 heavy (non-hydrogen) atoms. The van der Waals surface area contributed by atoms with Crippen LogP contribution in [0.25, 0.3) is 0 Å².